The highest BCUT2D eigenvalue weighted by atomic mass is 35.5. The molecule has 0 aliphatic carbocycles. The molecule has 1 rings (SSSR count). The Hall–Kier alpha value is -0.800. The number of hydrogen-bond acceptors (Lipinski definition) is 2. The van der Waals surface area contributed by atoms with E-state index in [4.69, 9.17) is 21.4 Å². The lowest BCUT2D eigenvalue weighted by atomic mass is 10.2. The van der Waals surface area contributed by atoms with Crippen LogP contribution in [0.25, 0.3) is 0 Å². The largest absolute Gasteiger partial charge is 0.495 e. The van der Waals surface area contributed by atoms with Gasteiger partial charge in [-0.15, -0.1) is 0 Å². The molecule has 0 amide bonds. The summed E-state index contributed by atoms with van der Waals surface area (Å²) in [5, 5.41) is 8.96. The lowest BCUT2D eigenvalue weighted by Gasteiger charge is -2.07. The van der Waals surface area contributed by atoms with Gasteiger partial charge in [-0.05, 0) is 12.1 Å². The SMILES string of the molecule is COc1c(Cl)cc(F)cc1CO. The second kappa shape index (κ2) is 3.74. The van der Waals surface area contributed by atoms with E-state index in [1.807, 2.05) is 0 Å². The van der Waals surface area contributed by atoms with Crippen molar-refractivity contribution in [2.75, 3.05) is 7.11 Å². The molecule has 0 unspecified atom stereocenters. The van der Waals surface area contributed by atoms with Crippen molar-refractivity contribution in [2.24, 2.45) is 0 Å². The van der Waals surface area contributed by atoms with E-state index >= 15 is 0 Å². The van der Waals surface area contributed by atoms with E-state index in [1.165, 1.54) is 13.2 Å². The van der Waals surface area contributed by atoms with Gasteiger partial charge in [-0.25, -0.2) is 4.39 Å². The molecule has 1 aromatic carbocycles. The van der Waals surface area contributed by atoms with E-state index in [2.05, 4.69) is 0 Å². The van der Waals surface area contributed by atoms with Crippen LogP contribution in [0.15, 0.2) is 12.1 Å². The summed E-state index contributed by atoms with van der Waals surface area (Å²) >= 11 is 5.64. The van der Waals surface area contributed by atoms with Gasteiger partial charge in [-0.1, -0.05) is 11.6 Å². The van der Waals surface area contributed by atoms with Gasteiger partial charge < -0.3 is 9.84 Å². The maximum absolute atomic E-state index is 12.7. The molecule has 0 aliphatic heterocycles. The van der Waals surface area contributed by atoms with E-state index in [0.717, 1.165) is 6.07 Å². The van der Waals surface area contributed by atoms with Gasteiger partial charge in [0.05, 0.1) is 18.7 Å². The molecule has 0 aliphatic rings. The molecule has 0 heterocycles. The number of aliphatic hydroxyl groups excluding tert-OH is 1. The lowest BCUT2D eigenvalue weighted by Crippen LogP contribution is -1.94. The number of rotatable bonds is 2. The summed E-state index contributed by atoms with van der Waals surface area (Å²) in [6, 6.07) is 2.32. The Morgan fingerprint density at radius 2 is 2.25 bits per heavy atom. The van der Waals surface area contributed by atoms with Crippen LogP contribution in [0.2, 0.25) is 5.02 Å². The zero-order chi connectivity index (χ0) is 9.14. The molecule has 2 nitrogen and oxygen atoms in total. The van der Waals surface area contributed by atoms with E-state index in [0.29, 0.717) is 11.3 Å². The predicted octanol–water partition coefficient (Wildman–Crippen LogP) is 1.98. The Labute approximate surface area is 74.5 Å². The Morgan fingerprint density at radius 3 is 2.75 bits per heavy atom. The third-order valence-electron chi connectivity index (χ3n) is 1.46. The van der Waals surface area contributed by atoms with Crippen molar-refractivity contribution in [3.63, 3.8) is 0 Å². The van der Waals surface area contributed by atoms with Crippen LogP contribution >= 0.6 is 11.6 Å². The van der Waals surface area contributed by atoms with Crippen LogP contribution in [-0.2, 0) is 6.61 Å². The second-order valence-corrected chi connectivity index (χ2v) is 2.65. The molecule has 0 atom stereocenters. The molecule has 0 saturated heterocycles. The molecule has 4 heteroatoms. The van der Waals surface area contributed by atoms with Crippen molar-refractivity contribution in [1.82, 2.24) is 0 Å². The molecule has 0 bridgehead atoms. The van der Waals surface area contributed by atoms with Gasteiger partial charge in [0.1, 0.15) is 11.6 Å². The third kappa shape index (κ3) is 1.68. The number of ether oxygens (including phenoxy) is 1. The van der Waals surface area contributed by atoms with Crippen LogP contribution < -0.4 is 4.74 Å². The van der Waals surface area contributed by atoms with Crippen LogP contribution in [-0.4, -0.2) is 12.2 Å². The highest BCUT2D eigenvalue weighted by molar-refractivity contribution is 6.32. The zero-order valence-electron chi connectivity index (χ0n) is 6.47. The molecule has 0 aromatic heterocycles. The minimum absolute atomic E-state index is 0.168. The van der Waals surface area contributed by atoms with E-state index in [-0.39, 0.29) is 11.6 Å². The van der Waals surface area contributed by atoms with E-state index in [9.17, 15) is 4.39 Å². The van der Waals surface area contributed by atoms with Crippen molar-refractivity contribution in [3.05, 3.63) is 28.5 Å². The first-order chi connectivity index (χ1) is 5.69. The summed E-state index contributed by atoms with van der Waals surface area (Å²) in [5.41, 5.74) is 0.350. The molecule has 0 fully saturated rings. The first-order valence-corrected chi connectivity index (χ1v) is 3.69. The summed E-state index contributed by atoms with van der Waals surface area (Å²) in [6.45, 7) is -0.291. The number of halogens is 2. The maximum atomic E-state index is 12.7. The minimum Gasteiger partial charge on any atom is -0.495 e. The number of hydrogen-bond donors (Lipinski definition) is 1. The second-order valence-electron chi connectivity index (χ2n) is 2.24. The quantitative estimate of drug-likeness (QED) is 0.773. The van der Waals surface area contributed by atoms with Crippen molar-refractivity contribution in [3.8, 4) is 5.75 Å². The molecular formula is C8H8ClFO2. The summed E-state index contributed by atoms with van der Waals surface area (Å²) < 4.78 is 17.5. The molecule has 0 spiro atoms. The van der Waals surface area contributed by atoms with Crippen LogP contribution in [0.1, 0.15) is 5.56 Å². The third-order valence-corrected chi connectivity index (χ3v) is 1.74. The van der Waals surface area contributed by atoms with Crippen LogP contribution in [0.5, 0.6) is 5.75 Å². The number of methoxy groups -OCH3 is 1. The highest BCUT2D eigenvalue weighted by Gasteiger charge is 2.08. The fourth-order valence-electron chi connectivity index (χ4n) is 0.960. The van der Waals surface area contributed by atoms with Gasteiger partial charge in [0.15, 0.2) is 0 Å². The Kier molecular flexibility index (Phi) is 2.89. The molecule has 1 aromatic rings. The van der Waals surface area contributed by atoms with Crippen LogP contribution in [0.3, 0.4) is 0 Å². The minimum atomic E-state index is -0.482. The summed E-state index contributed by atoms with van der Waals surface area (Å²) in [6.07, 6.45) is 0. The van der Waals surface area contributed by atoms with Gasteiger partial charge in [0.25, 0.3) is 0 Å². The van der Waals surface area contributed by atoms with Gasteiger partial charge in [0.2, 0.25) is 0 Å². The summed E-state index contributed by atoms with van der Waals surface area (Å²) in [7, 11) is 1.41. The molecule has 0 radical (unpaired) electrons. The van der Waals surface area contributed by atoms with Gasteiger partial charge in [-0.3, -0.25) is 0 Å². The smallest absolute Gasteiger partial charge is 0.143 e. The summed E-state index contributed by atoms with van der Waals surface area (Å²) in [4.78, 5) is 0. The van der Waals surface area contributed by atoms with E-state index in [1.54, 1.807) is 0 Å². The Morgan fingerprint density at radius 1 is 1.58 bits per heavy atom. The fourth-order valence-corrected chi connectivity index (χ4v) is 1.26. The van der Waals surface area contributed by atoms with Crippen molar-refractivity contribution in [2.45, 2.75) is 6.61 Å². The standard InChI is InChI=1S/C8H8ClFO2/c1-12-8-5(4-11)2-6(10)3-7(8)9/h2-3,11H,4H2,1H3. The topological polar surface area (TPSA) is 29.5 Å². The van der Waals surface area contributed by atoms with Gasteiger partial charge in [-0.2, -0.15) is 0 Å². The van der Waals surface area contributed by atoms with Crippen molar-refractivity contribution < 1.29 is 14.2 Å². The molecule has 66 valence electrons. The molecule has 0 saturated carbocycles. The Balaban J connectivity index is 3.24. The normalized spacial score (nSPS) is 10.0. The maximum Gasteiger partial charge on any atom is 0.143 e. The molecule has 1 N–H and O–H groups in total. The first-order valence-electron chi connectivity index (χ1n) is 3.31. The van der Waals surface area contributed by atoms with Crippen molar-refractivity contribution >= 4 is 11.6 Å². The fraction of sp³-hybridized carbons (Fsp3) is 0.250. The molecular weight excluding hydrogens is 183 g/mol. The monoisotopic (exact) mass is 190 g/mol. The highest BCUT2D eigenvalue weighted by Crippen LogP contribution is 2.29. The predicted molar refractivity (Wildman–Crippen MR) is 43.9 cm³/mol. The number of benzene rings is 1. The first kappa shape index (κ1) is 9.29. The number of aliphatic hydroxyl groups is 1. The molecule has 12 heavy (non-hydrogen) atoms. The zero-order valence-corrected chi connectivity index (χ0v) is 7.23. The van der Waals surface area contributed by atoms with Crippen LogP contribution in [0, 0.1) is 5.82 Å². The average molecular weight is 191 g/mol. The van der Waals surface area contributed by atoms with Gasteiger partial charge in [0, 0.05) is 5.56 Å². The van der Waals surface area contributed by atoms with Crippen molar-refractivity contribution in [1.29, 1.82) is 0 Å². The summed E-state index contributed by atoms with van der Waals surface area (Å²) in [5.74, 6) is -0.162. The lowest BCUT2D eigenvalue weighted by molar-refractivity contribution is 0.273. The Bertz CT molecular complexity index is 289. The average Bonchev–Trinajstić information content (AvgIpc) is 2.03. The van der Waals surface area contributed by atoms with Gasteiger partial charge >= 0.3 is 0 Å². The van der Waals surface area contributed by atoms with Crippen LogP contribution in [0.4, 0.5) is 4.39 Å². The van der Waals surface area contributed by atoms with E-state index < -0.39 is 5.82 Å².